The number of carbonyl (C=O) groups is 1. The molecule has 0 atom stereocenters. The first kappa shape index (κ1) is 17.8. The molecule has 0 radical (unpaired) electrons. The lowest BCUT2D eigenvalue weighted by Crippen LogP contribution is -2.53. The number of carbonyl (C=O) groups excluding carboxylic acids is 1. The zero-order valence-electron chi connectivity index (χ0n) is 14.1. The SMILES string of the molecule is CCC(CC)(C(=O)N(C)C1CCC(C)(C)CC1)C(N)=NO. The van der Waals surface area contributed by atoms with Crippen LogP contribution in [0.4, 0.5) is 0 Å². The van der Waals surface area contributed by atoms with E-state index in [4.69, 9.17) is 10.9 Å². The number of amides is 1. The molecule has 0 aromatic carbocycles. The van der Waals surface area contributed by atoms with E-state index >= 15 is 0 Å². The van der Waals surface area contributed by atoms with Gasteiger partial charge in [-0.3, -0.25) is 4.79 Å². The summed E-state index contributed by atoms with van der Waals surface area (Å²) in [6.07, 6.45) is 5.39. The van der Waals surface area contributed by atoms with Gasteiger partial charge in [-0.15, -0.1) is 0 Å². The van der Waals surface area contributed by atoms with Crippen LogP contribution in [0.25, 0.3) is 0 Å². The Balaban J connectivity index is 2.90. The summed E-state index contributed by atoms with van der Waals surface area (Å²) in [4.78, 5) is 14.8. The maximum atomic E-state index is 12.9. The lowest BCUT2D eigenvalue weighted by molar-refractivity contribution is -0.140. The molecule has 0 heterocycles. The maximum absolute atomic E-state index is 12.9. The summed E-state index contributed by atoms with van der Waals surface area (Å²) in [6.45, 7) is 8.39. The smallest absolute Gasteiger partial charge is 0.236 e. The number of nitrogens with two attached hydrogens (primary N) is 1. The zero-order valence-corrected chi connectivity index (χ0v) is 14.1. The van der Waals surface area contributed by atoms with Gasteiger partial charge in [-0.05, 0) is 43.9 Å². The molecule has 5 nitrogen and oxygen atoms in total. The molecule has 0 aromatic rings. The van der Waals surface area contributed by atoms with E-state index in [0.717, 1.165) is 25.7 Å². The minimum absolute atomic E-state index is 0.0208. The summed E-state index contributed by atoms with van der Waals surface area (Å²) in [5.41, 5.74) is 5.33. The minimum atomic E-state index is -0.879. The van der Waals surface area contributed by atoms with Crippen molar-refractivity contribution < 1.29 is 10.0 Å². The highest BCUT2D eigenvalue weighted by Crippen LogP contribution is 2.38. The van der Waals surface area contributed by atoms with Gasteiger partial charge >= 0.3 is 0 Å². The summed E-state index contributed by atoms with van der Waals surface area (Å²) in [5, 5.41) is 12.2. The minimum Gasteiger partial charge on any atom is -0.409 e. The van der Waals surface area contributed by atoms with Crippen LogP contribution in [0.15, 0.2) is 5.16 Å². The van der Waals surface area contributed by atoms with Gasteiger partial charge in [-0.2, -0.15) is 0 Å². The quantitative estimate of drug-likeness (QED) is 0.354. The van der Waals surface area contributed by atoms with Crippen LogP contribution in [0.2, 0.25) is 0 Å². The lowest BCUT2D eigenvalue weighted by Gasteiger charge is -2.42. The number of amidine groups is 1. The van der Waals surface area contributed by atoms with Crippen molar-refractivity contribution >= 4 is 11.7 Å². The number of rotatable bonds is 5. The molecular formula is C16H31N3O2. The monoisotopic (exact) mass is 297 g/mol. The average Bonchev–Trinajstić information content (AvgIpc) is 2.47. The molecule has 0 aliphatic heterocycles. The van der Waals surface area contributed by atoms with Crippen LogP contribution in [0.1, 0.15) is 66.2 Å². The molecule has 1 saturated carbocycles. The molecular weight excluding hydrogens is 266 g/mol. The molecule has 3 N–H and O–H groups in total. The third-order valence-corrected chi connectivity index (χ3v) is 5.39. The Morgan fingerprint density at radius 3 is 2.19 bits per heavy atom. The molecule has 0 saturated heterocycles. The van der Waals surface area contributed by atoms with Crippen molar-refractivity contribution in [2.24, 2.45) is 21.7 Å². The normalized spacial score (nSPS) is 20.3. The summed E-state index contributed by atoms with van der Waals surface area (Å²) < 4.78 is 0. The van der Waals surface area contributed by atoms with Gasteiger partial charge in [0, 0.05) is 13.1 Å². The lowest BCUT2D eigenvalue weighted by atomic mass is 9.74. The predicted molar refractivity (Wildman–Crippen MR) is 85.2 cm³/mol. The molecule has 0 spiro atoms. The van der Waals surface area contributed by atoms with Crippen molar-refractivity contribution in [1.82, 2.24) is 4.90 Å². The Hall–Kier alpha value is -1.26. The van der Waals surface area contributed by atoms with Gasteiger partial charge in [-0.1, -0.05) is 32.9 Å². The van der Waals surface area contributed by atoms with Gasteiger partial charge in [0.05, 0.1) is 0 Å². The Labute approximate surface area is 128 Å². The van der Waals surface area contributed by atoms with Crippen LogP contribution in [-0.2, 0) is 4.79 Å². The molecule has 1 rings (SSSR count). The van der Waals surface area contributed by atoms with Crippen LogP contribution in [0.5, 0.6) is 0 Å². The third-order valence-electron chi connectivity index (χ3n) is 5.39. The molecule has 1 fully saturated rings. The highest BCUT2D eigenvalue weighted by atomic mass is 16.4. The van der Waals surface area contributed by atoms with Crippen molar-refractivity contribution in [3.05, 3.63) is 0 Å². The molecule has 5 heteroatoms. The van der Waals surface area contributed by atoms with Crippen molar-refractivity contribution in [1.29, 1.82) is 0 Å². The largest absolute Gasteiger partial charge is 0.409 e. The summed E-state index contributed by atoms with van der Waals surface area (Å²) >= 11 is 0. The summed E-state index contributed by atoms with van der Waals surface area (Å²) in [6, 6.07) is 0.259. The topological polar surface area (TPSA) is 78.9 Å². The third kappa shape index (κ3) is 3.50. The fraction of sp³-hybridized carbons (Fsp3) is 0.875. The van der Waals surface area contributed by atoms with E-state index in [0.29, 0.717) is 18.3 Å². The van der Waals surface area contributed by atoms with Crippen LogP contribution in [0.3, 0.4) is 0 Å². The van der Waals surface area contributed by atoms with Gasteiger partial charge < -0.3 is 15.8 Å². The fourth-order valence-corrected chi connectivity index (χ4v) is 3.39. The Morgan fingerprint density at radius 2 is 1.81 bits per heavy atom. The zero-order chi connectivity index (χ0) is 16.3. The first-order valence-electron chi connectivity index (χ1n) is 7.99. The van der Waals surface area contributed by atoms with E-state index in [9.17, 15) is 4.79 Å². The standard InChI is InChI=1S/C16H31N3O2/c1-6-16(7-2,13(17)18-21)14(20)19(5)12-8-10-15(3,4)11-9-12/h12,21H,6-11H2,1-5H3,(H2,17,18). The van der Waals surface area contributed by atoms with Crippen molar-refractivity contribution in [3.8, 4) is 0 Å². The van der Waals surface area contributed by atoms with Crippen molar-refractivity contribution in [2.45, 2.75) is 72.3 Å². The Kier molecular flexibility index (Phi) is 5.65. The molecule has 1 aliphatic carbocycles. The van der Waals surface area contributed by atoms with E-state index in [2.05, 4.69) is 19.0 Å². The Bertz CT molecular complexity index is 390. The van der Waals surface area contributed by atoms with E-state index < -0.39 is 5.41 Å². The van der Waals surface area contributed by atoms with E-state index in [-0.39, 0.29) is 17.8 Å². The average molecular weight is 297 g/mol. The van der Waals surface area contributed by atoms with Gasteiger partial charge in [0.1, 0.15) is 5.41 Å². The highest BCUT2D eigenvalue weighted by Gasteiger charge is 2.43. The van der Waals surface area contributed by atoms with Gasteiger partial charge in [0.25, 0.3) is 0 Å². The van der Waals surface area contributed by atoms with E-state index in [1.807, 2.05) is 25.8 Å². The number of hydrogen-bond donors (Lipinski definition) is 2. The predicted octanol–water partition coefficient (Wildman–Crippen LogP) is 2.97. The summed E-state index contributed by atoms with van der Waals surface area (Å²) in [7, 11) is 1.86. The number of hydrogen-bond acceptors (Lipinski definition) is 3. The van der Waals surface area contributed by atoms with Crippen LogP contribution >= 0.6 is 0 Å². The highest BCUT2D eigenvalue weighted by molar-refractivity contribution is 6.06. The molecule has 21 heavy (non-hydrogen) atoms. The molecule has 1 aliphatic rings. The van der Waals surface area contributed by atoms with E-state index in [1.54, 1.807) is 0 Å². The molecule has 1 amide bonds. The Morgan fingerprint density at radius 1 is 1.33 bits per heavy atom. The second kappa shape index (κ2) is 6.67. The molecule has 122 valence electrons. The van der Waals surface area contributed by atoms with Crippen molar-refractivity contribution in [2.75, 3.05) is 7.05 Å². The maximum Gasteiger partial charge on any atom is 0.236 e. The second-order valence-corrected chi connectivity index (χ2v) is 7.09. The first-order chi connectivity index (χ1) is 9.74. The number of oxime groups is 1. The number of nitrogens with zero attached hydrogens (tertiary/aromatic N) is 2. The first-order valence-corrected chi connectivity index (χ1v) is 7.99. The van der Waals surface area contributed by atoms with Gasteiger partial charge in [-0.25, -0.2) is 0 Å². The van der Waals surface area contributed by atoms with E-state index in [1.165, 1.54) is 0 Å². The van der Waals surface area contributed by atoms with Gasteiger partial charge in [0.2, 0.25) is 5.91 Å². The fourth-order valence-electron chi connectivity index (χ4n) is 3.39. The molecule has 0 aromatic heterocycles. The summed E-state index contributed by atoms with van der Waals surface area (Å²) in [5.74, 6) is 0.00740. The van der Waals surface area contributed by atoms with Crippen molar-refractivity contribution in [3.63, 3.8) is 0 Å². The second-order valence-electron chi connectivity index (χ2n) is 7.09. The molecule has 0 bridgehead atoms. The van der Waals surface area contributed by atoms with Crippen LogP contribution < -0.4 is 5.73 Å². The van der Waals surface area contributed by atoms with Crippen LogP contribution in [-0.4, -0.2) is 34.9 Å². The van der Waals surface area contributed by atoms with Crippen LogP contribution in [0, 0.1) is 10.8 Å². The van der Waals surface area contributed by atoms with Gasteiger partial charge in [0.15, 0.2) is 5.84 Å². The molecule has 0 unspecified atom stereocenters.